The average Bonchev–Trinajstić information content (AvgIpc) is 3.03. The molecule has 1 aromatic heterocycles. The van der Waals surface area contributed by atoms with Gasteiger partial charge in [0, 0.05) is 16.9 Å². The predicted octanol–water partition coefficient (Wildman–Crippen LogP) is 3.92. The minimum atomic E-state index is -0.757. The van der Waals surface area contributed by atoms with Crippen LogP contribution < -0.4 is 5.63 Å². The topological polar surface area (TPSA) is 76.7 Å². The van der Waals surface area contributed by atoms with Crippen LogP contribution in [0, 0.1) is 0 Å². The van der Waals surface area contributed by atoms with Crippen molar-refractivity contribution in [3.05, 3.63) is 38.2 Å². The van der Waals surface area contributed by atoms with Crippen molar-refractivity contribution in [1.29, 1.82) is 0 Å². The molecule has 0 aliphatic carbocycles. The molecule has 1 aliphatic rings. The number of aromatic hydroxyl groups is 1. The van der Waals surface area contributed by atoms with Crippen molar-refractivity contribution < 1.29 is 19.1 Å². The number of halogens is 1. The first kappa shape index (κ1) is 16.7. The zero-order valence-corrected chi connectivity index (χ0v) is 15.3. The van der Waals surface area contributed by atoms with Crippen LogP contribution >= 0.6 is 39.5 Å². The molecule has 0 radical (unpaired) electrons. The molecule has 2 heterocycles. The highest BCUT2D eigenvalue weighted by molar-refractivity contribution is 9.10. The summed E-state index contributed by atoms with van der Waals surface area (Å²) in [6, 6.07) is 3.08. The van der Waals surface area contributed by atoms with Crippen LogP contribution in [0.1, 0.15) is 27.4 Å². The van der Waals surface area contributed by atoms with Crippen LogP contribution in [0.25, 0.3) is 11.0 Å². The van der Waals surface area contributed by atoms with E-state index in [1.807, 2.05) is 0 Å². The molecule has 0 bridgehead atoms. The Balaban J connectivity index is 2.23. The number of carbonyl (C=O) groups excluding carboxylic acids is 1. The Labute approximate surface area is 148 Å². The highest BCUT2D eigenvalue weighted by Gasteiger charge is 2.28. The maximum absolute atomic E-state index is 12.1. The molecule has 0 amide bonds. The number of fused-ring (bicyclic) bond motifs is 1. The predicted molar refractivity (Wildman–Crippen MR) is 95.5 cm³/mol. The fourth-order valence-electron chi connectivity index (χ4n) is 2.34. The smallest absolute Gasteiger partial charge is 0.351 e. The van der Waals surface area contributed by atoms with Crippen LogP contribution in [0.4, 0.5) is 0 Å². The van der Waals surface area contributed by atoms with Crippen LogP contribution in [-0.4, -0.2) is 29.2 Å². The van der Waals surface area contributed by atoms with Gasteiger partial charge in [-0.25, -0.2) is 9.59 Å². The van der Waals surface area contributed by atoms with E-state index in [-0.39, 0.29) is 22.5 Å². The number of esters is 1. The third kappa shape index (κ3) is 3.12. The van der Waals surface area contributed by atoms with Gasteiger partial charge in [0.05, 0.1) is 21.2 Å². The molecule has 0 unspecified atom stereocenters. The first-order valence-corrected chi connectivity index (χ1v) is 9.81. The SMILES string of the molecule is CCOC(=O)c1cc2cc(Br)c(O)c(C3SCCS3)c2oc1=O. The quantitative estimate of drug-likeness (QED) is 0.599. The average molecular weight is 417 g/mol. The molecule has 0 atom stereocenters. The third-order valence-electron chi connectivity index (χ3n) is 3.34. The van der Waals surface area contributed by atoms with E-state index in [0.717, 1.165) is 11.5 Å². The van der Waals surface area contributed by atoms with Crippen LogP contribution in [0.15, 0.2) is 25.8 Å². The van der Waals surface area contributed by atoms with E-state index in [4.69, 9.17) is 9.15 Å². The number of phenolic OH excluding ortho intramolecular Hbond substituents is 1. The van der Waals surface area contributed by atoms with Crippen LogP contribution in [0.2, 0.25) is 0 Å². The van der Waals surface area contributed by atoms with Crippen molar-refractivity contribution in [1.82, 2.24) is 0 Å². The maximum atomic E-state index is 12.1. The van der Waals surface area contributed by atoms with Crippen molar-refractivity contribution in [2.75, 3.05) is 18.1 Å². The second-order valence-electron chi connectivity index (χ2n) is 4.78. The number of carbonyl (C=O) groups is 1. The zero-order chi connectivity index (χ0) is 16.6. The van der Waals surface area contributed by atoms with Crippen LogP contribution in [-0.2, 0) is 4.74 Å². The monoisotopic (exact) mass is 416 g/mol. The summed E-state index contributed by atoms with van der Waals surface area (Å²) in [5.41, 5.74) is -0.00781. The molecule has 0 saturated carbocycles. The van der Waals surface area contributed by atoms with Gasteiger partial charge in [-0.3, -0.25) is 0 Å². The van der Waals surface area contributed by atoms with Crippen molar-refractivity contribution >= 4 is 56.4 Å². The van der Waals surface area contributed by atoms with Gasteiger partial charge in [-0.05, 0) is 35.0 Å². The van der Waals surface area contributed by atoms with Crippen molar-refractivity contribution in [2.24, 2.45) is 0 Å². The van der Waals surface area contributed by atoms with Crippen molar-refractivity contribution in [2.45, 2.75) is 11.5 Å². The van der Waals surface area contributed by atoms with Crippen LogP contribution in [0.5, 0.6) is 5.75 Å². The summed E-state index contributed by atoms with van der Waals surface area (Å²) < 4.78 is 10.7. The van der Waals surface area contributed by atoms with Gasteiger partial charge in [-0.15, -0.1) is 23.5 Å². The van der Waals surface area contributed by atoms with Gasteiger partial charge >= 0.3 is 11.6 Å². The molecular weight excluding hydrogens is 404 g/mol. The van der Waals surface area contributed by atoms with E-state index >= 15 is 0 Å². The number of hydrogen-bond donors (Lipinski definition) is 1. The molecule has 0 spiro atoms. The highest BCUT2D eigenvalue weighted by atomic mass is 79.9. The second-order valence-corrected chi connectivity index (χ2v) is 8.36. The molecule has 23 heavy (non-hydrogen) atoms. The molecule has 2 aromatic rings. The Bertz CT molecular complexity index is 827. The Morgan fingerprint density at radius 3 is 2.78 bits per heavy atom. The summed E-state index contributed by atoms with van der Waals surface area (Å²) in [6.07, 6.45) is 0. The second kappa shape index (κ2) is 6.78. The van der Waals surface area contributed by atoms with Gasteiger partial charge in [0.2, 0.25) is 0 Å². The lowest BCUT2D eigenvalue weighted by Gasteiger charge is -2.14. The Kier molecular flexibility index (Phi) is 4.93. The highest BCUT2D eigenvalue weighted by Crippen LogP contribution is 2.51. The first-order valence-electron chi connectivity index (χ1n) is 6.92. The van der Waals surface area contributed by atoms with Crippen LogP contribution in [0.3, 0.4) is 0 Å². The van der Waals surface area contributed by atoms with E-state index in [0.29, 0.717) is 21.0 Å². The molecule has 8 heteroatoms. The Morgan fingerprint density at radius 1 is 1.43 bits per heavy atom. The van der Waals surface area contributed by atoms with Gasteiger partial charge in [0.15, 0.2) is 0 Å². The van der Waals surface area contributed by atoms with Crippen molar-refractivity contribution in [3.8, 4) is 5.75 Å². The lowest BCUT2D eigenvalue weighted by molar-refractivity contribution is 0.0522. The van der Waals surface area contributed by atoms with E-state index in [1.165, 1.54) is 6.07 Å². The number of phenols is 1. The molecule has 3 rings (SSSR count). The minimum Gasteiger partial charge on any atom is -0.506 e. The van der Waals surface area contributed by atoms with E-state index in [2.05, 4.69) is 15.9 Å². The molecule has 1 aliphatic heterocycles. The Hall–Kier alpha value is -1.12. The number of rotatable bonds is 3. The van der Waals surface area contributed by atoms with E-state index in [1.54, 1.807) is 36.5 Å². The third-order valence-corrected chi connectivity index (χ3v) is 6.97. The molecule has 1 aromatic carbocycles. The maximum Gasteiger partial charge on any atom is 0.351 e. The summed E-state index contributed by atoms with van der Waals surface area (Å²) in [5, 5.41) is 11.0. The zero-order valence-electron chi connectivity index (χ0n) is 12.1. The summed E-state index contributed by atoms with van der Waals surface area (Å²) in [5.74, 6) is 1.29. The number of thioether (sulfide) groups is 2. The number of hydrogen-bond acceptors (Lipinski definition) is 7. The lowest BCUT2D eigenvalue weighted by Crippen LogP contribution is -2.16. The fraction of sp³-hybridized carbons (Fsp3) is 0.333. The summed E-state index contributed by atoms with van der Waals surface area (Å²) >= 11 is 6.69. The molecular formula is C15H13BrO5S2. The molecule has 122 valence electrons. The van der Waals surface area contributed by atoms with E-state index < -0.39 is 11.6 Å². The largest absolute Gasteiger partial charge is 0.506 e. The molecule has 1 fully saturated rings. The molecule has 1 N–H and O–H groups in total. The summed E-state index contributed by atoms with van der Waals surface area (Å²) in [4.78, 5) is 24.0. The summed E-state index contributed by atoms with van der Waals surface area (Å²) in [7, 11) is 0. The van der Waals surface area contributed by atoms with Gasteiger partial charge in [-0.1, -0.05) is 0 Å². The minimum absolute atomic E-state index is 0.00778. The fourth-order valence-corrected chi connectivity index (χ4v) is 5.73. The number of ether oxygens (including phenoxy) is 1. The van der Waals surface area contributed by atoms with E-state index in [9.17, 15) is 14.7 Å². The molecule has 5 nitrogen and oxygen atoms in total. The summed E-state index contributed by atoms with van der Waals surface area (Å²) in [6.45, 7) is 1.85. The van der Waals surface area contributed by atoms with Crippen molar-refractivity contribution in [3.63, 3.8) is 0 Å². The molecule has 1 saturated heterocycles. The lowest BCUT2D eigenvalue weighted by atomic mass is 10.1. The first-order chi connectivity index (χ1) is 11.0. The van der Waals surface area contributed by atoms with Gasteiger partial charge in [-0.2, -0.15) is 0 Å². The number of benzene rings is 1. The van der Waals surface area contributed by atoms with Gasteiger partial charge in [0.25, 0.3) is 0 Å². The van der Waals surface area contributed by atoms with Gasteiger partial charge < -0.3 is 14.3 Å². The Morgan fingerprint density at radius 2 is 2.13 bits per heavy atom. The standard InChI is InChI=1S/C15H13BrO5S2/c1-2-20-13(18)8-5-7-6-9(16)11(17)10(12(7)21-14(8)19)15-22-3-4-23-15/h5-6,15,17H,2-4H2,1H3. The normalized spacial score (nSPS) is 15.2. The van der Waals surface area contributed by atoms with Gasteiger partial charge in [0.1, 0.15) is 16.9 Å².